The standard InChI is InChI=1S/C20H21FN2O3S/c1-3-14-12-15-19(27-14)22-17(11-13-7-4-5-8-16(13)21)23(20(15)25)10-6-9-18(24)26-2/h4-5,7-8,12H,3,6,9-11H2,1-2H3. The molecule has 142 valence electrons. The van der Waals surface area contributed by atoms with Gasteiger partial charge in [0, 0.05) is 24.3 Å². The van der Waals surface area contributed by atoms with E-state index >= 15 is 0 Å². The molecule has 0 aliphatic carbocycles. The van der Waals surface area contributed by atoms with Crippen molar-refractivity contribution in [3.8, 4) is 0 Å². The Labute approximate surface area is 160 Å². The zero-order valence-electron chi connectivity index (χ0n) is 15.3. The molecule has 1 aromatic carbocycles. The second-order valence-electron chi connectivity index (χ2n) is 6.22. The molecule has 3 aromatic rings. The fourth-order valence-corrected chi connectivity index (χ4v) is 3.92. The number of hydrogen-bond acceptors (Lipinski definition) is 5. The van der Waals surface area contributed by atoms with Crippen LogP contribution in [0.1, 0.15) is 36.0 Å². The van der Waals surface area contributed by atoms with Gasteiger partial charge in [0.15, 0.2) is 0 Å². The third kappa shape index (κ3) is 4.24. The molecule has 0 saturated carbocycles. The van der Waals surface area contributed by atoms with E-state index in [1.807, 2.05) is 13.0 Å². The van der Waals surface area contributed by atoms with Crippen LogP contribution in [0.5, 0.6) is 0 Å². The number of methoxy groups -OCH3 is 1. The van der Waals surface area contributed by atoms with Crippen molar-refractivity contribution in [2.75, 3.05) is 7.11 Å². The number of benzene rings is 1. The van der Waals surface area contributed by atoms with Crippen molar-refractivity contribution in [2.45, 2.75) is 39.2 Å². The maximum atomic E-state index is 14.1. The molecule has 0 spiro atoms. The molecule has 0 radical (unpaired) electrons. The predicted octanol–water partition coefficient (Wildman–Crippen LogP) is 3.70. The number of esters is 1. The highest BCUT2D eigenvalue weighted by molar-refractivity contribution is 7.18. The van der Waals surface area contributed by atoms with Crippen molar-refractivity contribution < 1.29 is 13.9 Å². The summed E-state index contributed by atoms with van der Waals surface area (Å²) >= 11 is 1.49. The number of fused-ring (bicyclic) bond motifs is 1. The van der Waals surface area contributed by atoms with Crippen LogP contribution in [0.3, 0.4) is 0 Å². The number of halogens is 1. The van der Waals surface area contributed by atoms with E-state index in [4.69, 9.17) is 0 Å². The summed E-state index contributed by atoms with van der Waals surface area (Å²) in [4.78, 5) is 30.8. The Hall–Kier alpha value is -2.54. The van der Waals surface area contributed by atoms with Gasteiger partial charge in [-0.05, 0) is 30.5 Å². The van der Waals surface area contributed by atoms with Gasteiger partial charge in [0.05, 0.1) is 12.5 Å². The molecule has 0 aliphatic rings. The number of ether oxygens (including phenoxy) is 1. The molecule has 0 N–H and O–H groups in total. The number of rotatable bonds is 7. The Morgan fingerprint density at radius 1 is 1.33 bits per heavy atom. The maximum absolute atomic E-state index is 14.1. The molecular weight excluding hydrogens is 367 g/mol. The van der Waals surface area contributed by atoms with Gasteiger partial charge in [-0.15, -0.1) is 11.3 Å². The van der Waals surface area contributed by atoms with Gasteiger partial charge in [0.1, 0.15) is 16.5 Å². The summed E-state index contributed by atoms with van der Waals surface area (Å²) in [6.45, 7) is 2.36. The fourth-order valence-electron chi connectivity index (χ4n) is 2.94. The number of nitrogens with zero attached hydrogens (tertiary/aromatic N) is 2. The van der Waals surface area contributed by atoms with Crippen molar-refractivity contribution in [1.29, 1.82) is 0 Å². The van der Waals surface area contributed by atoms with E-state index in [9.17, 15) is 14.0 Å². The largest absolute Gasteiger partial charge is 0.469 e. The van der Waals surface area contributed by atoms with Crippen LogP contribution in [-0.4, -0.2) is 22.6 Å². The third-order valence-electron chi connectivity index (χ3n) is 4.43. The van der Waals surface area contributed by atoms with E-state index in [-0.39, 0.29) is 30.2 Å². The van der Waals surface area contributed by atoms with E-state index in [1.54, 1.807) is 22.8 Å². The molecular formula is C20H21FN2O3S. The van der Waals surface area contributed by atoms with Gasteiger partial charge in [-0.1, -0.05) is 25.1 Å². The van der Waals surface area contributed by atoms with E-state index in [0.29, 0.717) is 34.6 Å². The molecule has 0 saturated heterocycles. The molecule has 7 heteroatoms. The lowest BCUT2D eigenvalue weighted by Crippen LogP contribution is -2.25. The van der Waals surface area contributed by atoms with Crippen molar-refractivity contribution in [1.82, 2.24) is 9.55 Å². The van der Waals surface area contributed by atoms with E-state index in [0.717, 1.165) is 11.3 Å². The lowest BCUT2D eigenvalue weighted by Gasteiger charge is -2.12. The number of carbonyl (C=O) groups excluding carboxylic acids is 1. The third-order valence-corrected chi connectivity index (χ3v) is 5.60. The van der Waals surface area contributed by atoms with Gasteiger partial charge < -0.3 is 4.74 Å². The summed E-state index contributed by atoms with van der Waals surface area (Å²) in [5.41, 5.74) is 0.338. The number of aryl methyl sites for hydroxylation is 1. The summed E-state index contributed by atoms with van der Waals surface area (Å²) < 4.78 is 20.3. The normalized spacial score (nSPS) is 11.1. The maximum Gasteiger partial charge on any atom is 0.305 e. The first-order valence-corrected chi connectivity index (χ1v) is 9.67. The average molecular weight is 388 g/mol. The van der Waals surface area contributed by atoms with Crippen molar-refractivity contribution in [3.05, 3.63) is 62.8 Å². The Balaban J connectivity index is 2.02. The smallest absolute Gasteiger partial charge is 0.305 e. The molecule has 5 nitrogen and oxygen atoms in total. The van der Waals surface area contributed by atoms with Gasteiger partial charge in [-0.2, -0.15) is 0 Å². The van der Waals surface area contributed by atoms with Gasteiger partial charge in [0.25, 0.3) is 5.56 Å². The first-order valence-electron chi connectivity index (χ1n) is 8.85. The number of aromatic nitrogens is 2. The molecule has 0 aliphatic heterocycles. The lowest BCUT2D eigenvalue weighted by molar-refractivity contribution is -0.140. The summed E-state index contributed by atoms with van der Waals surface area (Å²) in [6, 6.07) is 8.35. The molecule has 0 fully saturated rings. The van der Waals surface area contributed by atoms with E-state index in [2.05, 4.69) is 9.72 Å². The molecule has 0 atom stereocenters. The molecule has 0 bridgehead atoms. The number of thiophene rings is 1. The Kier molecular flexibility index (Phi) is 6.01. The molecule has 3 rings (SSSR count). The summed E-state index contributed by atoms with van der Waals surface area (Å²) in [6.07, 6.45) is 1.71. The number of hydrogen-bond donors (Lipinski definition) is 0. The van der Waals surface area contributed by atoms with Gasteiger partial charge >= 0.3 is 5.97 Å². The van der Waals surface area contributed by atoms with Crippen molar-refractivity contribution in [2.24, 2.45) is 0 Å². The highest BCUT2D eigenvalue weighted by Gasteiger charge is 2.16. The Bertz CT molecular complexity index is 1030. The summed E-state index contributed by atoms with van der Waals surface area (Å²) in [5, 5.41) is 0.576. The molecule has 2 heterocycles. The SMILES string of the molecule is CCc1cc2c(=O)n(CCCC(=O)OC)c(Cc3ccccc3F)nc2s1. The Morgan fingerprint density at radius 2 is 2.11 bits per heavy atom. The van der Waals surface area contributed by atoms with Crippen LogP contribution < -0.4 is 5.56 Å². The second kappa shape index (κ2) is 8.43. The van der Waals surface area contributed by atoms with Crippen LogP contribution in [0.25, 0.3) is 10.2 Å². The first kappa shape index (κ1) is 19.2. The molecule has 2 aromatic heterocycles. The highest BCUT2D eigenvalue weighted by atomic mass is 32.1. The average Bonchev–Trinajstić information content (AvgIpc) is 3.09. The van der Waals surface area contributed by atoms with E-state index < -0.39 is 0 Å². The molecule has 0 amide bonds. The minimum atomic E-state index is -0.326. The van der Waals surface area contributed by atoms with Crippen LogP contribution in [0, 0.1) is 5.82 Å². The van der Waals surface area contributed by atoms with Crippen LogP contribution in [0.4, 0.5) is 4.39 Å². The van der Waals surface area contributed by atoms with Crippen LogP contribution >= 0.6 is 11.3 Å². The summed E-state index contributed by atoms with van der Waals surface area (Å²) in [5.74, 6) is -0.142. The number of carbonyl (C=O) groups is 1. The highest BCUT2D eigenvalue weighted by Crippen LogP contribution is 2.23. The van der Waals surface area contributed by atoms with Gasteiger partial charge in [-0.25, -0.2) is 9.37 Å². The minimum absolute atomic E-state index is 0.146. The quantitative estimate of drug-likeness (QED) is 0.579. The Morgan fingerprint density at radius 3 is 2.81 bits per heavy atom. The molecule has 0 unspecified atom stereocenters. The van der Waals surface area contributed by atoms with Gasteiger partial charge in [-0.3, -0.25) is 14.2 Å². The fraction of sp³-hybridized carbons (Fsp3) is 0.350. The van der Waals surface area contributed by atoms with Gasteiger partial charge in [0.2, 0.25) is 0 Å². The van der Waals surface area contributed by atoms with Crippen LogP contribution in [0.15, 0.2) is 35.1 Å². The van der Waals surface area contributed by atoms with Crippen molar-refractivity contribution in [3.63, 3.8) is 0 Å². The van der Waals surface area contributed by atoms with Crippen LogP contribution in [-0.2, 0) is 28.9 Å². The monoisotopic (exact) mass is 388 g/mol. The predicted molar refractivity (Wildman–Crippen MR) is 104 cm³/mol. The topological polar surface area (TPSA) is 61.2 Å². The second-order valence-corrected chi connectivity index (χ2v) is 7.33. The molecule has 27 heavy (non-hydrogen) atoms. The zero-order valence-corrected chi connectivity index (χ0v) is 16.1. The first-order chi connectivity index (χ1) is 13.0. The summed E-state index contributed by atoms with van der Waals surface area (Å²) in [7, 11) is 1.34. The van der Waals surface area contributed by atoms with Crippen LogP contribution in [0.2, 0.25) is 0 Å². The minimum Gasteiger partial charge on any atom is -0.469 e. The zero-order chi connectivity index (χ0) is 19.4. The van der Waals surface area contributed by atoms with E-state index in [1.165, 1.54) is 24.5 Å². The van der Waals surface area contributed by atoms with Crippen molar-refractivity contribution >= 4 is 27.5 Å². The lowest BCUT2D eigenvalue weighted by atomic mass is 10.1.